The molecule has 1 aliphatic rings. The number of hydrogen-bond acceptors (Lipinski definition) is 3. The summed E-state index contributed by atoms with van der Waals surface area (Å²) in [6.07, 6.45) is 1.73. The van der Waals surface area contributed by atoms with Crippen LogP contribution in [0.5, 0.6) is 0 Å². The second-order valence-electron chi connectivity index (χ2n) is 8.38. The third kappa shape index (κ3) is 4.64. The molecule has 0 unspecified atom stereocenters. The molecule has 2 aromatic carbocycles. The molecule has 3 rings (SSSR count). The molecule has 1 aliphatic carbocycles. The summed E-state index contributed by atoms with van der Waals surface area (Å²) in [5, 5.41) is 3.12. The molecule has 0 atom stereocenters. The van der Waals surface area contributed by atoms with Crippen molar-refractivity contribution in [2.24, 2.45) is 0 Å². The van der Waals surface area contributed by atoms with Crippen LogP contribution in [-0.4, -0.2) is 19.9 Å². The van der Waals surface area contributed by atoms with Gasteiger partial charge in [-0.1, -0.05) is 34.1 Å². The van der Waals surface area contributed by atoms with Crippen LogP contribution in [0, 0.1) is 6.92 Å². The molecule has 0 radical (unpaired) electrons. The monoisotopic (exact) mass is 464 g/mol. The lowest BCUT2D eigenvalue weighted by Crippen LogP contribution is -2.40. The average molecular weight is 465 g/mol. The predicted octanol–water partition coefficient (Wildman–Crippen LogP) is 4.25. The van der Waals surface area contributed by atoms with Crippen molar-refractivity contribution in [3.8, 4) is 0 Å². The Hall–Kier alpha value is -1.70. The van der Waals surface area contributed by atoms with Gasteiger partial charge in [0.15, 0.2) is 0 Å². The molecule has 0 aliphatic heterocycles. The second-order valence-corrected chi connectivity index (χ2v) is 11.0. The second kappa shape index (κ2) is 7.28. The smallest absolute Gasteiger partial charge is 0.252 e. The number of nitrogens with one attached hydrogen (secondary N) is 2. The molecule has 0 bridgehead atoms. The highest BCUT2D eigenvalue weighted by molar-refractivity contribution is 9.10. The maximum absolute atomic E-state index is 13.0. The largest absolute Gasteiger partial charge is 0.343 e. The van der Waals surface area contributed by atoms with Crippen LogP contribution in [0.15, 0.2) is 51.8 Å². The highest BCUT2D eigenvalue weighted by Gasteiger charge is 2.45. The zero-order valence-corrected chi connectivity index (χ0v) is 18.9. The number of amides is 1. The Balaban J connectivity index is 1.87. The maximum Gasteiger partial charge on any atom is 0.252 e. The molecule has 1 saturated carbocycles. The molecule has 28 heavy (non-hydrogen) atoms. The van der Waals surface area contributed by atoms with E-state index in [0.29, 0.717) is 5.56 Å². The van der Waals surface area contributed by atoms with Gasteiger partial charge in [-0.3, -0.25) is 4.79 Å². The number of benzene rings is 2. The SMILES string of the molecule is Cc1ccc(S(=O)(=O)NC(C)(C)C)cc1C(=O)NC1(c2ccc(Br)cc2)CC1. The van der Waals surface area contributed by atoms with Crippen molar-refractivity contribution < 1.29 is 13.2 Å². The molecule has 2 aromatic rings. The minimum atomic E-state index is -3.71. The van der Waals surface area contributed by atoms with Gasteiger partial charge in [0.2, 0.25) is 10.0 Å². The van der Waals surface area contributed by atoms with Crippen molar-refractivity contribution in [3.05, 3.63) is 63.6 Å². The summed E-state index contributed by atoms with van der Waals surface area (Å²) in [6, 6.07) is 12.6. The van der Waals surface area contributed by atoms with E-state index >= 15 is 0 Å². The third-order valence-corrected chi connectivity index (χ3v) is 6.99. The van der Waals surface area contributed by atoms with Crippen LogP contribution in [0.2, 0.25) is 0 Å². The van der Waals surface area contributed by atoms with Gasteiger partial charge in [0.1, 0.15) is 0 Å². The fourth-order valence-electron chi connectivity index (χ4n) is 3.14. The Morgan fingerprint density at radius 1 is 1.07 bits per heavy atom. The van der Waals surface area contributed by atoms with Gasteiger partial charge in [-0.15, -0.1) is 0 Å². The van der Waals surface area contributed by atoms with E-state index in [2.05, 4.69) is 26.0 Å². The van der Waals surface area contributed by atoms with Gasteiger partial charge < -0.3 is 5.32 Å². The van der Waals surface area contributed by atoms with E-state index in [1.807, 2.05) is 31.2 Å². The number of rotatable bonds is 5. The normalized spacial score (nSPS) is 15.9. The lowest BCUT2D eigenvalue weighted by atomic mass is 10.0. The fraction of sp³-hybridized carbons (Fsp3) is 0.381. The lowest BCUT2D eigenvalue weighted by Gasteiger charge is -2.21. The molecule has 1 fully saturated rings. The molecule has 2 N–H and O–H groups in total. The van der Waals surface area contributed by atoms with Gasteiger partial charge in [-0.25, -0.2) is 13.1 Å². The zero-order valence-electron chi connectivity index (χ0n) is 16.5. The Bertz CT molecular complexity index is 1000. The van der Waals surface area contributed by atoms with E-state index < -0.39 is 15.6 Å². The first-order chi connectivity index (χ1) is 12.9. The first kappa shape index (κ1) is 21.0. The molecule has 7 heteroatoms. The van der Waals surface area contributed by atoms with Crippen molar-refractivity contribution in [1.82, 2.24) is 10.0 Å². The van der Waals surface area contributed by atoms with Gasteiger partial charge in [0.25, 0.3) is 5.91 Å². The minimum absolute atomic E-state index is 0.0895. The summed E-state index contributed by atoms with van der Waals surface area (Å²) < 4.78 is 28.9. The summed E-state index contributed by atoms with van der Waals surface area (Å²) in [6.45, 7) is 7.14. The van der Waals surface area contributed by atoms with Gasteiger partial charge in [0, 0.05) is 15.6 Å². The molecule has 150 valence electrons. The van der Waals surface area contributed by atoms with E-state index in [4.69, 9.17) is 0 Å². The van der Waals surface area contributed by atoms with Crippen LogP contribution in [0.25, 0.3) is 0 Å². The van der Waals surface area contributed by atoms with Gasteiger partial charge >= 0.3 is 0 Å². The first-order valence-corrected chi connectivity index (χ1v) is 11.4. The summed E-state index contributed by atoms with van der Waals surface area (Å²) in [5.74, 6) is -0.259. The Labute approximate surface area is 175 Å². The highest BCUT2D eigenvalue weighted by atomic mass is 79.9. The molecule has 0 saturated heterocycles. The molecular weight excluding hydrogens is 440 g/mol. The molecule has 0 spiro atoms. The van der Waals surface area contributed by atoms with Crippen LogP contribution in [0.1, 0.15) is 55.1 Å². The number of carbonyl (C=O) groups is 1. The van der Waals surface area contributed by atoms with E-state index in [1.54, 1.807) is 26.8 Å². The maximum atomic E-state index is 13.0. The van der Waals surface area contributed by atoms with Crippen molar-refractivity contribution >= 4 is 31.9 Å². The summed E-state index contributed by atoms with van der Waals surface area (Å²) >= 11 is 3.43. The Morgan fingerprint density at radius 2 is 1.68 bits per heavy atom. The topological polar surface area (TPSA) is 75.3 Å². The summed E-state index contributed by atoms with van der Waals surface area (Å²) in [7, 11) is -3.71. The van der Waals surface area contributed by atoms with Crippen LogP contribution < -0.4 is 10.0 Å². The minimum Gasteiger partial charge on any atom is -0.343 e. The van der Waals surface area contributed by atoms with Crippen molar-refractivity contribution in [2.45, 2.75) is 56.5 Å². The molecule has 0 heterocycles. The standard InChI is InChI=1S/C21H25BrN2O3S/c1-14-5-10-17(28(26,27)24-20(2,3)4)13-18(14)19(25)23-21(11-12-21)15-6-8-16(22)9-7-15/h5-10,13,24H,11-12H2,1-4H3,(H,23,25). The van der Waals surface area contributed by atoms with E-state index in [1.165, 1.54) is 12.1 Å². The van der Waals surface area contributed by atoms with Gasteiger partial charge in [-0.2, -0.15) is 0 Å². The summed E-state index contributed by atoms with van der Waals surface area (Å²) in [4.78, 5) is 13.1. The van der Waals surface area contributed by atoms with Gasteiger partial charge in [0.05, 0.1) is 10.4 Å². The average Bonchev–Trinajstić information content (AvgIpc) is 3.34. The third-order valence-electron chi connectivity index (χ3n) is 4.70. The number of carbonyl (C=O) groups excluding carboxylic acids is 1. The number of hydrogen-bond donors (Lipinski definition) is 2. The van der Waals surface area contributed by atoms with E-state index in [-0.39, 0.29) is 16.3 Å². The number of halogens is 1. The zero-order chi connectivity index (χ0) is 20.7. The molecule has 1 amide bonds. The first-order valence-electron chi connectivity index (χ1n) is 9.15. The predicted molar refractivity (Wildman–Crippen MR) is 114 cm³/mol. The van der Waals surface area contributed by atoms with E-state index in [9.17, 15) is 13.2 Å². The van der Waals surface area contributed by atoms with Crippen LogP contribution in [0.4, 0.5) is 0 Å². The molecule has 5 nitrogen and oxygen atoms in total. The quantitative estimate of drug-likeness (QED) is 0.693. The lowest BCUT2D eigenvalue weighted by molar-refractivity contribution is 0.0930. The van der Waals surface area contributed by atoms with Crippen molar-refractivity contribution in [2.75, 3.05) is 0 Å². The van der Waals surface area contributed by atoms with E-state index in [0.717, 1.165) is 28.4 Å². The molecule has 0 aromatic heterocycles. The van der Waals surface area contributed by atoms with Crippen LogP contribution >= 0.6 is 15.9 Å². The number of aryl methyl sites for hydroxylation is 1. The van der Waals surface area contributed by atoms with Crippen LogP contribution in [0.3, 0.4) is 0 Å². The van der Waals surface area contributed by atoms with Gasteiger partial charge in [-0.05, 0) is 75.9 Å². The number of sulfonamides is 1. The summed E-state index contributed by atoms with van der Waals surface area (Å²) in [5.41, 5.74) is 1.19. The Morgan fingerprint density at radius 3 is 2.21 bits per heavy atom. The van der Waals surface area contributed by atoms with Crippen molar-refractivity contribution in [3.63, 3.8) is 0 Å². The fourth-order valence-corrected chi connectivity index (χ4v) is 4.85. The molecular formula is C21H25BrN2O3S. The van der Waals surface area contributed by atoms with Crippen molar-refractivity contribution in [1.29, 1.82) is 0 Å². The Kier molecular flexibility index (Phi) is 5.47. The highest BCUT2D eigenvalue weighted by Crippen LogP contribution is 2.46. The van der Waals surface area contributed by atoms with Crippen LogP contribution in [-0.2, 0) is 15.6 Å².